The number of anilines is 1. The van der Waals surface area contributed by atoms with E-state index in [0.29, 0.717) is 39.5 Å². The van der Waals surface area contributed by atoms with Crippen LogP contribution in [0, 0.1) is 5.92 Å². The average Bonchev–Trinajstić information content (AvgIpc) is 3.26. The highest BCUT2D eigenvalue weighted by Crippen LogP contribution is 2.39. The van der Waals surface area contributed by atoms with E-state index in [0.717, 1.165) is 25.2 Å². The fourth-order valence-electron chi connectivity index (χ4n) is 4.81. The van der Waals surface area contributed by atoms with Crippen LogP contribution in [0.2, 0.25) is 0 Å². The topological polar surface area (TPSA) is 89.9 Å². The quantitative estimate of drug-likeness (QED) is 0.522. The number of fused-ring (bicyclic) bond motifs is 5. The van der Waals surface area contributed by atoms with Crippen molar-refractivity contribution in [1.29, 1.82) is 0 Å². The van der Waals surface area contributed by atoms with E-state index >= 15 is 0 Å². The lowest BCUT2D eigenvalue weighted by Crippen LogP contribution is -2.48. The molecule has 1 N–H and O–H groups in total. The number of thioether (sulfide) groups is 1. The third kappa shape index (κ3) is 4.37. The molecule has 5 rings (SSSR count). The minimum Gasteiger partial charge on any atom is -0.453 e. The van der Waals surface area contributed by atoms with Crippen LogP contribution in [0.4, 0.5) is 5.69 Å². The number of nitrogens with one attached hydrogen (secondary N) is 1. The van der Waals surface area contributed by atoms with Gasteiger partial charge in [0.1, 0.15) is 4.32 Å². The van der Waals surface area contributed by atoms with Gasteiger partial charge in [0, 0.05) is 49.1 Å². The van der Waals surface area contributed by atoms with E-state index in [1.165, 1.54) is 18.7 Å². The third-order valence-electron chi connectivity index (χ3n) is 6.20. The fraction of sp³-hybridized carbons (Fsp3) is 0.391. The van der Waals surface area contributed by atoms with Crippen molar-refractivity contribution in [1.82, 2.24) is 9.47 Å². The van der Waals surface area contributed by atoms with Crippen molar-refractivity contribution in [3.8, 4) is 11.5 Å². The zero-order chi connectivity index (χ0) is 23.1. The van der Waals surface area contributed by atoms with Gasteiger partial charge in [-0.05, 0) is 31.4 Å². The number of pyridine rings is 1. The van der Waals surface area contributed by atoms with Gasteiger partial charge in [-0.15, -0.1) is 0 Å². The first kappa shape index (κ1) is 22.0. The number of benzene rings is 1. The molecule has 4 heterocycles. The van der Waals surface area contributed by atoms with Gasteiger partial charge in [0.15, 0.2) is 17.3 Å². The maximum absolute atomic E-state index is 12.6. The van der Waals surface area contributed by atoms with Crippen LogP contribution >= 0.6 is 24.0 Å². The summed E-state index contributed by atoms with van der Waals surface area (Å²) in [5.41, 5.74) is 1.98. The molecule has 0 saturated carbocycles. The SMILES string of the molecule is CC(=O)c1cc(NC(=O)CSC(=S)N2C[C@@H]3C[C@@H](C2)c2cccc(=O)n2C3)cc2c1OCO2. The predicted octanol–water partition coefficient (Wildman–Crippen LogP) is 2.86. The number of ether oxygens (including phenoxy) is 2. The van der Waals surface area contributed by atoms with Gasteiger partial charge in [-0.2, -0.15) is 0 Å². The summed E-state index contributed by atoms with van der Waals surface area (Å²) in [6.07, 6.45) is 1.05. The normalized spacial score (nSPS) is 20.2. The Bertz CT molecular complexity index is 1210. The number of amides is 1. The molecule has 1 aromatic carbocycles. The molecule has 2 atom stereocenters. The highest BCUT2D eigenvalue weighted by atomic mass is 32.2. The van der Waals surface area contributed by atoms with Crippen LogP contribution in [0.5, 0.6) is 11.5 Å². The Morgan fingerprint density at radius 2 is 2.06 bits per heavy atom. The molecule has 0 aliphatic carbocycles. The molecule has 8 nitrogen and oxygen atoms in total. The van der Waals surface area contributed by atoms with Crippen molar-refractivity contribution in [3.63, 3.8) is 0 Å². The van der Waals surface area contributed by atoms with E-state index in [4.69, 9.17) is 21.7 Å². The maximum Gasteiger partial charge on any atom is 0.250 e. The largest absolute Gasteiger partial charge is 0.453 e. The van der Waals surface area contributed by atoms with Gasteiger partial charge in [0.2, 0.25) is 12.7 Å². The Balaban J connectivity index is 1.20. The summed E-state index contributed by atoms with van der Waals surface area (Å²) in [6.45, 7) is 3.73. The molecular weight excluding hydrogens is 462 g/mol. The number of Topliss-reactive ketones (excluding diaryl/α,β-unsaturated/α-hetero) is 1. The molecule has 3 aliphatic heterocycles. The van der Waals surface area contributed by atoms with Gasteiger partial charge in [-0.3, -0.25) is 14.4 Å². The summed E-state index contributed by atoms with van der Waals surface area (Å²) in [6, 6.07) is 8.71. The number of aromatic nitrogens is 1. The van der Waals surface area contributed by atoms with Crippen LogP contribution < -0.4 is 20.3 Å². The van der Waals surface area contributed by atoms with Crippen LogP contribution in [0.25, 0.3) is 0 Å². The van der Waals surface area contributed by atoms with Gasteiger partial charge in [-0.25, -0.2) is 0 Å². The second kappa shape index (κ2) is 8.83. The predicted molar refractivity (Wildman–Crippen MR) is 129 cm³/mol. The van der Waals surface area contributed by atoms with Crippen molar-refractivity contribution in [3.05, 3.63) is 51.9 Å². The summed E-state index contributed by atoms with van der Waals surface area (Å²) in [5, 5.41) is 2.82. The number of hydrogen-bond acceptors (Lipinski definition) is 7. The van der Waals surface area contributed by atoms with E-state index in [1.807, 2.05) is 16.7 Å². The molecule has 1 aromatic heterocycles. The lowest BCUT2D eigenvalue weighted by Gasteiger charge is -2.43. The molecule has 0 unspecified atom stereocenters. The molecule has 1 amide bonds. The van der Waals surface area contributed by atoms with Crippen molar-refractivity contribution >= 4 is 45.7 Å². The smallest absolute Gasteiger partial charge is 0.250 e. The summed E-state index contributed by atoms with van der Waals surface area (Å²) in [4.78, 5) is 38.8. The van der Waals surface area contributed by atoms with Gasteiger partial charge in [0.05, 0.1) is 11.3 Å². The molecular formula is C23H23N3O5S2. The van der Waals surface area contributed by atoms with Gasteiger partial charge in [-0.1, -0.05) is 30.0 Å². The van der Waals surface area contributed by atoms with E-state index in [-0.39, 0.29) is 35.7 Å². The average molecular weight is 486 g/mol. The number of carbonyl (C=O) groups excluding carboxylic acids is 2. The van der Waals surface area contributed by atoms with Crippen molar-refractivity contribution in [2.45, 2.75) is 25.8 Å². The Hall–Kier alpha value is -2.85. The number of piperidine rings is 1. The molecule has 0 spiro atoms. The van der Waals surface area contributed by atoms with Crippen molar-refractivity contribution < 1.29 is 19.1 Å². The van der Waals surface area contributed by atoms with Crippen LogP contribution in [-0.4, -0.2) is 51.1 Å². The van der Waals surface area contributed by atoms with Crippen LogP contribution in [0.1, 0.15) is 35.3 Å². The van der Waals surface area contributed by atoms with Crippen LogP contribution in [-0.2, 0) is 11.3 Å². The van der Waals surface area contributed by atoms with E-state index in [9.17, 15) is 14.4 Å². The summed E-state index contributed by atoms with van der Waals surface area (Å²) >= 11 is 6.96. The molecule has 172 valence electrons. The van der Waals surface area contributed by atoms with Gasteiger partial charge < -0.3 is 24.3 Å². The minimum absolute atomic E-state index is 0.0497. The number of nitrogens with zero attached hydrogens (tertiary/aromatic N) is 2. The summed E-state index contributed by atoms with van der Waals surface area (Å²) in [5.74, 6) is 1.26. The zero-order valence-corrected chi connectivity index (χ0v) is 19.7. The minimum atomic E-state index is -0.218. The monoisotopic (exact) mass is 485 g/mol. The van der Waals surface area contributed by atoms with Crippen LogP contribution in [0.3, 0.4) is 0 Å². The molecule has 1 saturated heterocycles. The highest BCUT2D eigenvalue weighted by Gasteiger charge is 2.35. The molecule has 2 aromatic rings. The maximum atomic E-state index is 12.6. The first-order valence-corrected chi connectivity index (χ1v) is 12.1. The van der Waals surface area contributed by atoms with Crippen LogP contribution in [0.15, 0.2) is 35.1 Å². The van der Waals surface area contributed by atoms with Crippen molar-refractivity contribution in [2.75, 3.05) is 31.0 Å². The highest BCUT2D eigenvalue weighted by molar-refractivity contribution is 8.23. The number of rotatable bonds is 4. The lowest BCUT2D eigenvalue weighted by molar-refractivity contribution is -0.113. The second-order valence-corrected chi connectivity index (χ2v) is 10.1. The third-order valence-corrected chi connectivity index (χ3v) is 7.72. The molecule has 2 bridgehead atoms. The zero-order valence-electron chi connectivity index (χ0n) is 18.0. The van der Waals surface area contributed by atoms with Gasteiger partial charge >= 0.3 is 0 Å². The first-order chi connectivity index (χ1) is 15.9. The number of thiocarbonyl (C=S) groups is 1. The Kier molecular flexibility index (Phi) is 5.88. The van der Waals surface area contributed by atoms with Crippen molar-refractivity contribution in [2.24, 2.45) is 5.92 Å². The number of likely N-dealkylation sites (tertiary alicyclic amines) is 1. The fourth-order valence-corrected chi connectivity index (χ4v) is 5.79. The number of ketones is 1. The molecule has 3 aliphatic rings. The second-order valence-electron chi connectivity index (χ2n) is 8.52. The molecule has 0 radical (unpaired) electrons. The molecule has 33 heavy (non-hydrogen) atoms. The van der Waals surface area contributed by atoms with E-state index in [1.54, 1.807) is 18.2 Å². The van der Waals surface area contributed by atoms with E-state index < -0.39 is 0 Å². The Morgan fingerprint density at radius 1 is 1.21 bits per heavy atom. The number of hydrogen-bond donors (Lipinski definition) is 1. The van der Waals surface area contributed by atoms with E-state index in [2.05, 4.69) is 10.2 Å². The Morgan fingerprint density at radius 3 is 2.88 bits per heavy atom. The standard InChI is InChI=1S/C23H23N3O5S2/c1-13(27)17-6-16(7-19-22(17)31-12-30-19)24-20(28)11-33-23(32)25-8-14-5-15(10-25)18-3-2-4-21(29)26(18)9-14/h2-4,6-7,14-15H,5,8-12H2,1H3,(H,24,28)/t14-,15-/m0/s1. The molecule has 1 fully saturated rings. The summed E-state index contributed by atoms with van der Waals surface area (Å²) in [7, 11) is 0. The summed E-state index contributed by atoms with van der Waals surface area (Å²) < 4.78 is 13.3. The molecule has 10 heteroatoms. The first-order valence-electron chi connectivity index (χ1n) is 10.7. The Labute approximate surface area is 200 Å². The number of carbonyl (C=O) groups is 2. The van der Waals surface area contributed by atoms with Gasteiger partial charge in [0.25, 0.3) is 5.56 Å². The lowest BCUT2D eigenvalue weighted by atomic mass is 9.83.